The highest BCUT2D eigenvalue weighted by Crippen LogP contribution is 2.22. The Bertz CT molecular complexity index is 909. The zero-order chi connectivity index (χ0) is 26.8. The van der Waals surface area contributed by atoms with E-state index in [9.17, 15) is 24.0 Å². The molecule has 4 N–H and O–H groups in total. The van der Waals surface area contributed by atoms with Gasteiger partial charge in [0, 0.05) is 13.5 Å². The van der Waals surface area contributed by atoms with E-state index in [0.29, 0.717) is 5.56 Å². The maximum Gasteiger partial charge on any atom is 0.408 e. The predicted octanol–water partition coefficient (Wildman–Crippen LogP) is 1.20. The van der Waals surface area contributed by atoms with Crippen molar-refractivity contribution in [2.45, 2.75) is 64.6 Å². The van der Waals surface area contributed by atoms with E-state index >= 15 is 0 Å². The maximum atomic E-state index is 13.4. The van der Waals surface area contributed by atoms with Crippen molar-refractivity contribution in [3.8, 4) is 0 Å². The number of amides is 4. The highest BCUT2D eigenvalue weighted by Gasteiger charge is 2.34. The van der Waals surface area contributed by atoms with E-state index in [1.165, 1.54) is 14.2 Å². The van der Waals surface area contributed by atoms with Gasteiger partial charge in [-0.3, -0.25) is 19.2 Å². The van der Waals surface area contributed by atoms with Gasteiger partial charge in [0.2, 0.25) is 17.7 Å². The van der Waals surface area contributed by atoms with E-state index in [1.54, 1.807) is 32.9 Å². The fourth-order valence-electron chi connectivity index (χ4n) is 3.18. The second-order valence-electron chi connectivity index (χ2n) is 8.94. The number of aryl methyl sites for hydroxylation is 1. The summed E-state index contributed by atoms with van der Waals surface area (Å²) in [6.45, 7) is 6.60. The minimum Gasteiger partial charge on any atom is -0.468 e. The minimum absolute atomic E-state index is 0.0942. The maximum absolute atomic E-state index is 13.4. The molecule has 0 spiro atoms. The van der Waals surface area contributed by atoms with Gasteiger partial charge in [0.05, 0.1) is 7.11 Å². The molecule has 1 aromatic carbocycles. The monoisotopic (exact) mass is 492 g/mol. The molecule has 194 valence electrons. The van der Waals surface area contributed by atoms with Crippen LogP contribution in [0.4, 0.5) is 4.79 Å². The normalized spacial score (nSPS) is 12.6. The van der Waals surface area contributed by atoms with Crippen molar-refractivity contribution in [3.63, 3.8) is 0 Å². The van der Waals surface area contributed by atoms with Crippen LogP contribution in [-0.2, 0) is 35.1 Å². The Balaban J connectivity index is 3.26. The Morgan fingerprint density at radius 3 is 2.17 bits per heavy atom. The third-order valence-electron chi connectivity index (χ3n) is 4.99. The van der Waals surface area contributed by atoms with E-state index < -0.39 is 47.5 Å². The highest BCUT2D eigenvalue weighted by atomic mass is 16.6. The molecule has 4 amide bonds. The van der Waals surface area contributed by atoms with Gasteiger partial charge in [-0.25, -0.2) is 4.79 Å². The molecule has 0 aliphatic heterocycles. The number of nitrogens with zero attached hydrogens (tertiary/aromatic N) is 1. The van der Waals surface area contributed by atoms with Crippen LogP contribution in [0.25, 0.3) is 0 Å². The van der Waals surface area contributed by atoms with Crippen LogP contribution in [0.5, 0.6) is 0 Å². The second kappa shape index (κ2) is 13.3. The van der Waals surface area contributed by atoms with Gasteiger partial charge in [-0.15, -0.1) is 0 Å². The summed E-state index contributed by atoms with van der Waals surface area (Å²) in [5.74, 6) is -2.58. The second-order valence-corrected chi connectivity index (χ2v) is 8.94. The van der Waals surface area contributed by atoms with Gasteiger partial charge in [0.25, 0.3) is 0 Å². The Morgan fingerprint density at radius 2 is 1.69 bits per heavy atom. The van der Waals surface area contributed by atoms with Crippen molar-refractivity contribution in [3.05, 3.63) is 35.4 Å². The van der Waals surface area contributed by atoms with E-state index in [2.05, 4.69) is 15.4 Å². The topological polar surface area (TPSA) is 157 Å². The Morgan fingerprint density at radius 1 is 1.09 bits per heavy atom. The van der Waals surface area contributed by atoms with Crippen molar-refractivity contribution < 1.29 is 33.4 Å². The summed E-state index contributed by atoms with van der Waals surface area (Å²) in [6, 6.07) is 4.77. The van der Waals surface area contributed by atoms with Crippen LogP contribution < -0.4 is 16.4 Å². The number of carbonyl (C=O) groups is 5. The van der Waals surface area contributed by atoms with E-state index in [4.69, 9.17) is 10.5 Å². The Kier molecular flexibility index (Phi) is 11.2. The quantitative estimate of drug-likeness (QED) is 0.392. The summed E-state index contributed by atoms with van der Waals surface area (Å²) in [4.78, 5) is 62.9. The van der Waals surface area contributed by atoms with Crippen molar-refractivity contribution >= 4 is 29.8 Å². The third kappa shape index (κ3) is 10.0. The van der Waals surface area contributed by atoms with Crippen LogP contribution in [0.2, 0.25) is 0 Å². The molecule has 0 saturated carbocycles. The Hall–Kier alpha value is -3.63. The van der Waals surface area contributed by atoms with Crippen LogP contribution in [0, 0.1) is 0 Å². The van der Waals surface area contributed by atoms with Crippen LogP contribution in [0.3, 0.4) is 0 Å². The molecular formula is C24H36N4O7. The standard InChI is InChI=1S/C24H36N4O7/c1-7-15-8-10-16(11-9-15)20(21(31)26-14-19(30)34-6)28(5)22(32)17(12-13-18(25)29)27-23(33)35-24(2,3)4/h8-11,17,20H,7,12-14H2,1-6H3,(H2,25,29)(H,26,31)(H,27,33). The number of nitrogens with two attached hydrogens (primary N) is 1. The number of esters is 1. The molecule has 0 bridgehead atoms. The van der Waals surface area contributed by atoms with Gasteiger partial charge in [-0.2, -0.15) is 0 Å². The molecule has 2 unspecified atom stereocenters. The van der Waals surface area contributed by atoms with Crippen molar-refractivity contribution in [1.29, 1.82) is 0 Å². The van der Waals surface area contributed by atoms with Crippen LogP contribution in [0.15, 0.2) is 24.3 Å². The van der Waals surface area contributed by atoms with Gasteiger partial charge >= 0.3 is 12.1 Å². The number of rotatable bonds is 11. The molecule has 0 aromatic heterocycles. The summed E-state index contributed by atoms with van der Waals surface area (Å²) in [5, 5.41) is 4.93. The number of hydrogen-bond donors (Lipinski definition) is 3. The number of carbonyl (C=O) groups excluding carboxylic acids is 5. The molecule has 11 nitrogen and oxygen atoms in total. The molecule has 0 aliphatic carbocycles. The predicted molar refractivity (Wildman–Crippen MR) is 128 cm³/mol. The summed E-state index contributed by atoms with van der Waals surface area (Å²) in [6.07, 6.45) is -0.343. The number of benzene rings is 1. The molecule has 0 saturated heterocycles. The van der Waals surface area contributed by atoms with E-state index in [1.807, 2.05) is 19.1 Å². The fourth-order valence-corrected chi connectivity index (χ4v) is 3.18. The molecule has 0 aliphatic rings. The number of alkyl carbamates (subject to hydrolysis) is 1. The molecule has 0 fully saturated rings. The first kappa shape index (κ1) is 29.4. The minimum atomic E-state index is -1.19. The first-order valence-electron chi connectivity index (χ1n) is 11.3. The van der Waals surface area contributed by atoms with E-state index in [-0.39, 0.29) is 19.4 Å². The zero-order valence-electron chi connectivity index (χ0n) is 21.2. The number of primary amides is 1. The van der Waals surface area contributed by atoms with Crippen LogP contribution >= 0.6 is 0 Å². The lowest BCUT2D eigenvalue weighted by Gasteiger charge is -2.31. The molecule has 35 heavy (non-hydrogen) atoms. The summed E-state index contributed by atoms with van der Waals surface area (Å²) in [5.41, 5.74) is 5.95. The number of likely N-dealkylation sites (N-methyl/N-ethyl adjacent to an activating group) is 1. The number of methoxy groups -OCH3 is 1. The van der Waals surface area contributed by atoms with Gasteiger partial charge < -0.3 is 30.7 Å². The molecule has 1 aromatic rings. The third-order valence-corrected chi connectivity index (χ3v) is 4.99. The molecule has 11 heteroatoms. The first-order valence-corrected chi connectivity index (χ1v) is 11.3. The lowest BCUT2D eigenvalue weighted by atomic mass is 10.0. The fraction of sp³-hybridized carbons (Fsp3) is 0.542. The van der Waals surface area contributed by atoms with Gasteiger partial charge in [-0.05, 0) is 44.7 Å². The van der Waals surface area contributed by atoms with Gasteiger partial charge in [0.15, 0.2) is 0 Å². The Labute approximate surface area is 205 Å². The van der Waals surface area contributed by atoms with Crippen molar-refractivity contribution in [2.75, 3.05) is 20.7 Å². The van der Waals surface area contributed by atoms with Crippen molar-refractivity contribution in [1.82, 2.24) is 15.5 Å². The average molecular weight is 493 g/mol. The lowest BCUT2D eigenvalue weighted by Crippen LogP contribution is -2.52. The SMILES string of the molecule is CCc1ccc(C(C(=O)NCC(=O)OC)N(C)C(=O)C(CCC(N)=O)NC(=O)OC(C)(C)C)cc1. The number of ether oxygens (including phenoxy) is 2. The number of nitrogens with one attached hydrogen (secondary N) is 2. The first-order chi connectivity index (χ1) is 16.3. The van der Waals surface area contributed by atoms with Crippen LogP contribution in [-0.4, -0.2) is 67.0 Å². The van der Waals surface area contributed by atoms with Crippen molar-refractivity contribution in [2.24, 2.45) is 5.73 Å². The number of hydrogen-bond acceptors (Lipinski definition) is 7. The smallest absolute Gasteiger partial charge is 0.408 e. The average Bonchev–Trinajstić information content (AvgIpc) is 2.78. The molecular weight excluding hydrogens is 456 g/mol. The molecule has 0 heterocycles. The van der Waals surface area contributed by atoms with Crippen LogP contribution in [0.1, 0.15) is 57.7 Å². The molecule has 0 radical (unpaired) electrons. The lowest BCUT2D eigenvalue weighted by molar-refractivity contribution is -0.143. The van der Waals surface area contributed by atoms with Gasteiger partial charge in [-0.1, -0.05) is 31.2 Å². The highest BCUT2D eigenvalue weighted by molar-refractivity contribution is 5.93. The zero-order valence-corrected chi connectivity index (χ0v) is 21.2. The largest absolute Gasteiger partial charge is 0.468 e. The van der Waals surface area contributed by atoms with Gasteiger partial charge in [0.1, 0.15) is 24.2 Å². The molecule has 1 rings (SSSR count). The summed E-state index contributed by atoms with van der Waals surface area (Å²) in [7, 11) is 2.59. The summed E-state index contributed by atoms with van der Waals surface area (Å²) >= 11 is 0. The summed E-state index contributed by atoms with van der Waals surface area (Å²) < 4.78 is 9.79. The molecule has 2 atom stereocenters. The van der Waals surface area contributed by atoms with E-state index in [0.717, 1.165) is 16.9 Å².